The quantitative estimate of drug-likeness (QED) is 0.690. The lowest BCUT2D eigenvalue weighted by molar-refractivity contribution is 0.0930. The first kappa shape index (κ1) is 22.1. The summed E-state index contributed by atoms with van der Waals surface area (Å²) in [6.07, 6.45) is 5.87. The van der Waals surface area contributed by atoms with Crippen LogP contribution in [0.3, 0.4) is 0 Å². The number of hydrogen-bond acceptors (Lipinski definition) is 4. The molecule has 2 aliphatic heterocycles. The Kier molecular flexibility index (Phi) is 8.11. The number of aliphatic hydroxyl groups excluding tert-OH is 1. The minimum atomic E-state index is -0.619. The summed E-state index contributed by atoms with van der Waals surface area (Å²) in [6.45, 7) is 11.4. The molecule has 1 fully saturated rings. The highest BCUT2D eigenvalue weighted by Crippen LogP contribution is 2.20. The van der Waals surface area contributed by atoms with Crippen molar-refractivity contribution < 1.29 is 14.6 Å². The van der Waals surface area contributed by atoms with Crippen molar-refractivity contribution in [2.24, 2.45) is 0 Å². The number of nitrogens with one attached hydrogen (secondary N) is 1. The van der Waals surface area contributed by atoms with Crippen LogP contribution in [0.25, 0.3) is 0 Å². The zero-order valence-corrected chi connectivity index (χ0v) is 17.6. The summed E-state index contributed by atoms with van der Waals surface area (Å²) in [5.74, 6) is 0.828. The summed E-state index contributed by atoms with van der Waals surface area (Å²) < 4.78 is 6.00. The Hall–Kier alpha value is -2.57. The molecule has 2 unspecified atom stereocenters. The number of amides is 2. The van der Waals surface area contributed by atoms with E-state index in [1.807, 2.05) is 42.5 Å². The number of hydrogen-bond donors (Lipinski definition) is 2. The number of urea groups is 1. The second-order valence-corrected chi connectivity index (χ2v) is 7.92. The maximum absolute atomic E-state index is 12.6. The number of nitrogens with zero attached hydrogens (tertiary/aromatic N) is 2. The molecule has 0 saturated carbocycles. The lowest BCUT2D eigenvalue weighted by Crippen LogP contribution is -2.50. The number of ether oxygens (including phenoxy) is 1. The number of para-hydroxylation sites is 1. The lowest BCUT2D eigenvalue weighted by Gasteiger charge is -2.33. The number of rotatable bonds is 8. The van der Waals surface area contributed by atoms with Crippen molar-refractivity contribution in [2.45, 2.75) is 31.5 Å². The third kappa shape index (κ3) is 6.21. The van der Waals surface area contributed by atoms with Gasteiger partial charge in [-0.15, -0.1) is 0 Å². The van der Waals surface area contributed by atoms with Gasteiger partial charge in [-0.3, -0.25) is 4.90 Å². The molecule has 2 N–H and O–H groups in total. The van der Waals surface area contributed by atoms with Crippen LogP contribution in [0.2, 0.25) is 0 Å². The predicted molar refractivity (Wildman–Crippen MR) is 120 cm³/mol. The number of piperidine rings is 1. The molecule has 1 aromatic carbocycles. The fourth-order valence-electron chi connectivity index (χ4n) is 4.04. The highest BCUT2D eigenvalue weighted by Gasteiger charge is 2.25. The molecule has 0 bridgehead atoms. The Morgan fingerprint density at radius 2 is 2.00 bits per heavy atom. The molecule has 2 aliphatic rings. The third-order valence-electron chi connectivity index (χ3n) is 5.67. The van der Waals surface area contributed by atoms with Crippen LogP contribution in [0.15, 0.2) is 66.8 Å². The van der Waals surface area contributed by atoms with Gasteiger partial charge in [-0.25, -0.2) is 4.79 Å². The number of aliphatic hydroxyl groups is 1. The lowest BCUT2D eigenvalue weighted by atomic mass is 10.00. The first-order chi connectivity index (χ1) is 14.6. The van der Waals surface area contributed by atoms with Crippen molar-refractivity contribution in [3.63, 3.8) is 0 Å². The first-order valence-electron chi connectivity index (χ1n) is 10.7. The second-order valence-electron chi connectivity index (χ2n) is 7.92. The standard InChI is InChI=1S/C24H33N3O3/c1-3-19-12-14-26(16-20(19)4-2)17-21(28)15-25-24(29)27-13-8-11-23(18-27)30-22-9-6-5-7-10-22/h3-7,9-10,21,23,28H,1-2,8,11-18H2,(H,25,29). The highest BCUT2D eigenvalue weighted by molar-refractivity contribution is 5.74. The molecular formula is C24H33N3O3. The fraction of sp³-hybridized carbons (Fsp3) is 0.458. The number of likely N-dealkylation sites (tertiary alicyclic amines) is 1. The van der Waals surface area contributed by atoms with Gasteiger partial charge in [0.15, 0.2) is 0 Å². The third-order valence-corrected chi connectivity index (χ3v) is 5.67. The number of β-amino-alcohol motifs (C(OH)–C–C–N with tert-alkyl or cyclic N) is 1. The van der Waals surface area contributed by atoms with Crippen LogP contribution in [0.5, 0.6) is 5.75 Å². The van der Waals surface area contributed by atoms with Gasteiger partial charge in [-0.2, -0.15) is 0 Å². The average molecular weight is 412 g/mol. The molecular weight excluding hydrogens is 378 g/mol. The van der Waals surface area contributed by atoms with E-state index < -0.39 is 6.10 Å². The van der Waals surface area contributed by atoms with Gasteiger partial charge >= 0.3 is 6.03 Å². The topological polar surface area (TPSA) is 65.0 Å². The predicted octanol–water partition coefficient (Wildman–Crippen LogP) is 2.97. The van der Waals surface area contributed by atoms with Crippen molar-refractivity contribution in [1.82, 2.24) is 15.1 Å². The molecule has 1 saturated heterocycles. The van der Waals surface area contributed by atoms with Gasteiger partial charge < -0.3 is 20.1 Å². The van der Waals surface area contributed by atoms with E-state index in [4.69, 9.17) is 4.74 Å². The monoisotopic (exact) mass is 411 g/mol. The van der Waals surface area contributed by atoms with E-state index in [-0.39, 0.29) is 18.7 Å². The SMILES string of the molecule is C=CC1=C(C=C)CN(CC(O)CNC(=O)N2CCCC(Oc3ccccc3)C2)CC1. The molecule has 0 aromatic heterocycles. The molecule has 162 valence electrons. The Morgan fingerprint density at radius 1 is 1.23 bits per heavy atom. The maximum Gasteiger partial charge on any atom is 0.317 e. The van der Waals surface area contributed by atoms with Gasteiger partial charge in [0.25, 0.3) is 0 Å². The van der Waals surface area contributed by atoms with Crippen molar-refractivity contribution >= 4 is 6.03 Å². The molecule has 0 spiro atoms. The van der Waals surface area contributed by atoms with Gasteiger partial charge in [-0.05, 0) is 42.5 Å². The Labute approximate surface area is 179 Å². The smallest absolute Gasteiger partial charge is 0.317 e. The first-order valence-corrected chi connectivity index (χ1v) is 10.7. The summed E-state index contributed by atoms with van der Waals surface area (Å²) in [5.41, 5.74) is 2.38. The number of benzene rings is 1. The molecule has 2 heterocycles. The average Bonchev–Trinajstić information content (AvgIpc) is 2.78. The molecule has 30 heavy (non-hydrogen) atoms. The Bertz CT molecular complexity index is 762. The number of carbonyl (C=O) groups is 1. The molecule has 1 aromatic rings. The minimum absolute atomic E-state index is 0.00617. The fourth-order valence-corrected chi connectivity index (χ4v) is 4.04. The normalized spacial score (nSPS) is 21.1. The van der Waals surface area contributed by atoms with Crippen molar-refractivity contribution in [3.8, 4) is 5.75 Å². The van der Waals surface area contributed by atoms with Crippen molar-refractivity contribution in [3.05, 3.63) is 66.8 Å². The van der Waals surface area contributed by atoms with E-state index in [1.54, 1.807) is 4.90 Å². The van der Waals surface area contributed by atoms with Crippen LogP contribution < -0.4 is 10.1 Å². The van der Waals surface area contributed by atoms with Crippen molar-refractivity contribution in [2.75, 3.05) is 39.3 Å². The summed E-state index contributed by atoms with van der Waals surface area (Å²) in [4.78, 5) is 16.5. The second kappa shape index (κ2) is 11.0. The van der Waals surface area contributed by atoms with Gasteiger partial charge in [0.1, 0.15) is 11.9 Å². The number of carbonyl (C=O) groups excluding carboxylic acids is 1. The summed E-state index contributed by atoms with van der Waals surface area (Å²) >= 11 is 0. The Morgan fingerprint density at radius 3 is 2.73 bits per heavy atom. The molecule has 0 aliphatic carbocycles. The molecule has 2 amide bonds. The van der Waals surface area contributed by atoms with E-state index >= 15 is 0 Å². The van der Waals surface area contributed by atoms with Crippen LogP contribution in [0.1, 0.15) is 19.3 Å². The number of allylic oxidation sites excluding steroid dienone is 1. The summed E-state index contributed by atoms with van der Waals surface area (Å²) in [7, 11) is 0. The zero-order chi connectivity index (χ0) is 21.3. The highest BCUT2D eigenvalue weighted by atomic mass is 16.5. The molecule has 6 heteroatoms. The van der Waals surface area contributed by atoms with E-state index in [0.29, 0.717) is 19.6 Å². The summed E-state index contributed by atoms with van der Waals surface area (Å²) in [6, 6.07) is 9.56. The largest absolute Gasteiger partial charge is 0.489 e. The van der Waals surface area contributed by atoms with Crippen LogP contribution in [-0.4, -0.2) is 72.4 Å². The van der Waals surface area contributed by atoms with Crippen LogP contribution in [0.4, 0.5) is 4.79 Å². The van der Waals surface area contributed by atoms with E-state index in [9.17, 15) is 9.90 Å². The van der Waals surface area contributed by atoms with Crippen molar-refractivity contribution in [1.29, 1.82) is 0 Å². The van der Waals surface area contributed by atoms with Gasteiger partial charge in [0, 0.05) is 32.7 Å². The maximum atomic E-state index is 12.6. The minimum Gasteiger partial charge on any atom is -0.489 e. The molecule has 0 radical (unpaired) electrons. The van der Waals surface area contributed by atoms with E-state index in [1.165, 1.54) is 5.57 Å². The van der Waals surface area contributed by atoms with E-state index in [0.717, 1.165) is 43.7 Å². The summed E-state index contributed by atoms with van der Waals surface area (Å²) in [5, 5.41) is 13.3. The molecule has 6 nitrogen and oxygen atoms in total. The van der Waals surface area contributed by atoms with Crippen LogP contribution >= 0.6 is 0 Å². The molecule has 2 atom stereocenters. The van der Waals surface area contributed by atoms with Gasteiger partial charge in [-0.1, -0.05) is 43.5 Å². The van der Waals surface area contributed by atoms with Gasteiger partial charge in [0.05, 0.1) is 12.6 Å². The molecule has 3 rings (SSSR count). The Balaban J connectivity index is 1.42. The van der Waals surface area contributed by atoms with E-state index in [2.05, 4.69) is 23.4 Å². The van der Waals surface area contributed by atoms with Crippen LogP contribution in [-0.2, 0) is 0 Å². The van der Waals surface area contributed by atoms with Crippen LogP contribution in [0, 0.1) is 0 Å². The van der Waals surface area contributed by atoms with Gasteiger partial charge in [0.2, 0.25) is 0 Å². The zero-order valence-electron chi connectivity index (χ0n) is 17.6.